The van der Waals surface area contributed by atoms with Gasteiger partial charge in [-0.3, -0.25) is 28.2 Å². The minimum absolute atomic E-state index is 0.0159. The number of carbonyl (C=O) groups is 7. The highest BCUT2D eigenvalue weighted by molar-refractivity contribution is 7.46. The van der Waals surface area contributed by atoms with Crippen molar-refractivity contribution in [1.29, 1.82) is 0 Å². The van der Waals surface area contributed by atoms with Gasteiger partial charge in [-0.25, -0.2) is 23.5 Å². The summed E-state index contributed by atoms with van der Waals surface area (Å²) >= 11 is 0. The average Bonchev–Trinajstić information content (AvgIpc) is 0.752. The van der Waals surface area contributed by atoms with E-state index in [1.165, 1.54) is 0 Å². The van der Waals surface area contributed by atoms with E-state index >= 15 is 4.79 Å². The lowest BCUT2D eigenvalue weighted by molar-refractivity contribution is -0.378. The number of aliphatic carboxylic acids is 2. The Bertz CT molecular complexity index is 3220. The molecule has 0 aromatic rings. The Labute approximate surface area is 752 Å². The molecule has 4 heterocycles. The van der Waals surface area contributed by atoms with Crippen molar-refractivity contribution in [2.75, 3.05) is 26.4 Å². The van der Waals surface area contributed by atoms with Crippen LogP contribution in [0.1, 0.15) is 330 Å². The molecule has 40 nitrogen and oxygen atoms in total. The zero-order valence-corrected chi connectivity index (χ0v) is 77.4. The number of carboxylic acid groups (broad SMARTS) is 2. The van der Waals surface area contributed by atoms with Crippen LogP contribution in [0.3, 0.4) is 0 Å². The van der Waals surface area contributed by atoms with Crippen molar-refractivity contribution < 1.29 is 185 Å². The summed E-state index contributed by atoms with van der Waals surface area (Å²) in [5, 5.41) is 149. The van der Waals surface area contributed by atoms with Crippen molar-refractivity contribution in [3.05, 3.63) is 0 Å². The molecule has 748 valence electrons. The summed E-state index contributed by atoms with van der Waals surface area (Å²) in [4.78, 5) is 142. The molecular formula is C86H156N2O38P2. The summed E-state index contributed by atoms with van der Waals surface area (Å²) in [5.74, 6) is -16.5. The number of nitrogens with one attached hydrogen (secondary N) is 2. The Kier molecular flexibility index (Phi) is 56.6. The normalized spacial score (nSPS) is 27.8. The van der Waals surface area contributed by atoms with Crippen molar-refractivity contribution in [3.63, 3.8) is 0 Å². The minimum atomic E-state index is -6.11. The summed E-state index contributed by atoms with van der Waals surface area (Å²) < 4.78 is 96.5. The molecule has 19 N–H and O–H groups in total. The minimum Gasteiger partial charge on any atom is -0.477 e. The van der Waals surface area contributed by atoms with Crippen LogP contribution in [0.15, 0.2) is 0 Å². The highest BCUT2D eigenvalue weighted by Gasteiger charge is 2.63. The van der Waals surface area contributed by atoms with Gasteiger partial charge in [0.2, 0.25) is 11.8 Å². The maximum atomic E-state index is 15.2. The number of esters is 3. The first-order valence-corrected chi connectivity index (χ1v) is 50.0. The Hall–Kier alpha value is -4.21. The lowest BCUT2D eigenvalue weighted by Crippen LogP contribution is -2.69. The Morgan fingerprint density at radius 2 is 0.859 bits per heavy atom. The van der Waals surface area contributed by atoms with Gasteiger partial charge in [-0.1, -0.05) is 247 Å². The first-order chi connectivity index (χ1) is 60.9. The molecule has 4 aliphatic heterocycles. The molecule has 4 saturated heterocycles. The molecular weight excluding hydrogens is 1730 g/mol. The van der Waals surface area contributed by atoms with Crippen molar-refractivity contribution in [3.8, 4) is 0 Å². The van der Waals surface area contributed by atoms with Gasteiger partial charge < -0.3 is 144 Å². The Morgan fingerprint density at radius 3 is 1.33 bits per heavy atom. The smallest absolute Gasteiger partial charge is 0.472 e. The predicted molar refractivity (Wildman–Crippen MR) is 457 cm³/mol. The van der Waals surface area contributed by atoms with Gasteiger partial charge in [0.1, 0.15) is 91.4 Å². The summed E-state index contributed by atoms with van der Waals surface area (Å²) in [6.45, 7) is 4.93. The fraction of sp³-hybridized carbons (Fsp3) is 0.919. The first-order valence-electron chi connectivity index (χ1n) is 46.9. The number of hydrogen-bond acceptors (Lipinski definition) is 32. The van der Waals surface area contributed by atoms with E-state index in [1.54, 1.807) is 0 Å². The van der Waals surface area contributed by atoms with Crippen LogP contribution in [-0.4, -0.2) is 300 Å². The second-order valence-corrected chi connectivity index (χ2v) is 37.1. The van der Waals surface area contributed by atoms with E-state index in [2.05, 4.69) is 38.3 Å². The van der Waals surface area contributed by atoms with Crippen LogP contribution in [0.5, 0.6) is 0 Å². The molecule has 4 aliphatic rings. The van der Waals surface area contributed by atoms with E-state index in [9.17, 15) is 124 Å². The fourth-order valence-corrected chi connectivity index (χ4v) is 17.4. The van der Waals surface area contributed by atoms with Crippen LogP contribution in [0, 0.1) is 0 Å². The lowest BCUT2D eigenvalue weighted by Gasteiger charge is -2.50. The standard InChI is InChI=1S/C86H156N2O38P2/c1-6-11-16-21-25-27-31-36-41-46-68(98)117-57(43-38-33-28-23-18-13-8-3)48-67(97)88-71-79(121-69(99)47-56(91)42-37-32-20-15-10-5)78(125-127(109,110)111)65(55-116-85(83(105)106)51-63(74(102)77(123-85)62(95)53-90)122-86(84(107)108)50-60(93)72(100)76(124-86)61(94)52-89)120-81(71)115-54-64-73(101)75(103)70(82(119-64)126-128(112,113)114)87-66(96)49-58(44-39-34-29-24-19-14-9-4)118-80(104)59(92)45-40-35-30-26-22-17-12-7-2/h56-65,70-79,81-82,89-95,100-103H,6-55H2,1-5H3,(H,87,96)(H,88,97)(H,105,106)(H,107,108)(H2,109,110,111)(H2,112,113,114)/t56-,57-,58-,59+,60-,61-,62-,63-,64-,65-,70-,71-,72-,73-,74-,75-,76-,77-,78-,79-,81-,82-,85-,86-/m1/s1. The summed E-state index contributed by atoms with van der Waals surface area (Å²) in [6.07, 6.45) is -17.4. The second kappa shape index (κ2) is 62.4. The number of carbonyl (C=O) groups excluding carboxylic acids is 5. The number of hydrogen-bond donors (Lipinski definition) is 19. The zero-order chi connectivity index (χ0) is 95.0. The third-order valence-electron chi connectivity index (χ3n) is 23.6. The van der Waals surface area contributed by atoms with E-state index in [-0.39, 0.29) is 32.1 Å². The van der Waals surface area contributed by atoms with Crippen LogP contribution < -0.4 is 10.6 Å². The molecule has 0 unspecified atom stereocenters. The number of phosphoric acid groups is 2. The molecule has 2 amide bonds. The van der Waals surface area contributed by atoms with Gasteiger partial charge in [0, 0.05) is 19.3 Å². The SMILES string of the molecule is CCCCCCCCCCCC(=O)O[C@H](CCCCCCCCC)CC(=O)N[C@H]1[C@H](OC[C@H]2O[C@H](OP(=O)(O)O)[C@H](NC(=O)C[C@@H](CCCCCCCCC)OC(=O)[C@@H](O)CCCCCCCCCC)[C@@H](O)[C@@H]2O)O[C@H](CO[C@]2(C(=O)O)C[C@@H](O[C@]3(C(=O)O)C[C@@H](O)[C@@H](O)[C@@H]([C@H](O)CO)O3)[C@@H](O)[C@@H]([C@H](O)CO)O2)[C@@H](OP(=O)(O)O)[C@@H]1OC(=O)C[C@H](O)CCCCCCC. The molecule has 0 aromatic carbocycles. The molecule has 0 aromatic heterocycles. The van der Waals surface area contributed by atoms with E-state index in [4.69, 9.17) is 56.4 Å². The molecule has 4 fully saturated rings. The Balaban J connectivity index is 1.93. The number of unbranched alkanes of at least 4 members (excludes halogenated alkanes) is 31. The molecule has 0 bridgehead atoms. The predicted octanol–water partition coefficient (Wildman–Crippen LogP) is 6.78. The highest BCUT2D eigenvalue weighted by atomic mass is 31.2. The molecule has 24 atom stereocenters. The van der Waals surface area contributed by atoms with Crippen molar-refractivity contribution in [1.82, 2.24) is 10.6 Å². The molecule has 4 rings (SSSR count). The summed E-state index contributed by atoms with van der Waals surface area (Å²) in [5.41, 5.74) is 0. The number of amides is 2. The van der Waals surface area contributed by atoms with Gasteiger partial charge in [0.15, 0.2) is 24.8 Å². The van der Waals surface area contributed by atoms with E-state index in [1.807, 2.05) is 6.92 Å². The number of carboxylic acids is 2. The van der Waals surface area contributed by atoms with Crippen molar-refractivity contribution in [2.45, 2.75) is 476 Å². The largest absolute Gasteiger partial charge is 0.477 e. The van der Waals surface area contributed by atoms with Gasteiger partial charge in [0.05, 0.1) is 64.0 Å². The molecule has 0 spiro atoms. The summed E-state index contributed by atoms with van der Waals surface area (Å²) in [6, 6.07) is -4.37. The third kappa shape index (κ3) is 42.8. The van der Waals surface area contributed by atoms with Crippen LogP contribution in [-0.2, 0) is 99.1 Å². The van der Waals surface area contributed by atoms with Gasteiger partial charge in [-0.15, -0.1) is 0 Å². The van der Waals surface area contributed by atoms with Crippen LogP contribution in [0.2, 0.25) is 0 Å². The number of phosphoric ester groups is 2. The van der Waals surface area contributed by atoms with Gasteiger partial charge in [-0.2, -0.15) is 0 Å². The maximum absolute atomic E-state index is 15.2. The van der Waals surface area contributed by atoms with Crippen molar-refractivity contribution >= 4 is 57.3 Å². The number of aliphatic hydroxyl groups is 11. The van der Waals surface area contributed by atoms with Gasteiger partial charge in [-0.05, 0) is 44.9 Å². The molecule has 0 aliphatic carbocycles. The van der Waals surface area contributed by atoms with Crippen LogP contribution in [0.25, 0.3) is 0 Å². The van der Waals surface area contributed by atoms with Gasteiger partial charge >= 0.3 is 45.5 Å². The quantitative estimate of drug-likeness (QED) is 0.0129. The van der Waals surface area contributed by atoms with Crippen LogP contribution >= 0.6 is 15.6 Å². The highest BCUT2D eigenvalue weighted by Crippen LogP contribution is 2.46. The first kappa shape index (κ1) is 116. The zero-order valence-electron chi connectivity index (χ0n) is 75.6. The molecule has 128 heavy (non-hydrogen) atoms. The van der Waals surface area contributed by atoms with Gasteiger partial charge in [0.25, 0.3) is 11.6 Å². The molecule has 0 saturated carbocycles. The molecule has 42 heteroatoms. The number of ether oxygens (including phenoxy) is 10. The lowest BCUT2D eigenvalue weighted by atomic mass is 9.90. The maximum Gasteiger partial charge on any atom is 0.472 e. The monoisotopic (exact) mass is 1890 g/mol. The number of aliphatic hydroxyl groups excluding tert-OH is 11. The Morgan fingerprint density at radius 1 is 0.438 bits per heavy atom. The van der Waals surface area contributed by atoms with E-state index in [0.29, 0.717) is 57.8 Å². The summed E-state index contributed by atoms with van der Waals surface area (Å²) in [7, 11) is -11.9. The molecule has 0 radical (unpaired) electrons. The van der Waals surface area contributed by atoms with E-state index in [0.717, 1.165) is 173 Å². The fourth-order valence-electron chi connectivity index (χ4n) is 16.3. The average molecular weight is 1890 g/mol. The number of rotatable bonds is 71. The topological polar surface area (TPSA) is 632 Å². The third-order valence-corrected chi connectivity index (χ3v) is 24.6. The van der Waals surface area contributed by atoms with E-state index < -0.39 is 262 Å². The van der Waals surface area contributed by atoms with Crippen molar-refractivity contribution in [2.24, 2.45) is 0 Å². The second-order valence-electron chi connectivity index (χ2n) is 34.7. The van der Waals surface area contributed by atoms with Crippen LogP contribution in [0.4, 0.5) is 0 Å².